The van der Waals surface area contributed by atoms with E-state index in [4.69, 9.17) is 0 Å². The van der Waals surface area contributed by atoms with Gasteiger partial charge in [-0.3, -0.25) is 4.40 Å². The van der Waals surface area contributed by atoms with Crippen molar-refractivity contribution in [3.8, 4) is 0 Å². The first-order valence-corrected chi connectivity index (χ1v) is 7.65. The third kappa shape index (κ3) is 2.63. The number of rotatable bonds is 3. The van der Waals surface area contributed by atoms with Gasteiger partial charge in [-0.15, -0.1) is 10.2 Å². The summed E-state index contributed by atoms with van der Waals surface area (Å²) in [6.45, 7) is 3.76. The van der Waals surface area contributed by atoms with Gasteiger partial charge >= 0.3 is 5.97 Å². The van der Waals surface area contributed by atoms with Crippen molar-refractivity contribution in [1.29, 1.82) is 0 Å². The maximum Gasteiger partial charge on any atom is 0.339 e. The van der Waals surface area contributed by atoms with Crippen LogP contribution in [0.5, 0.6) is 0 Å². The average Bonchev–Trinajstić information content (AvgIpc) is 2.82. The van der Waals surface area contributed by atoms with Gasteiger partial charge in [0.05, 0.1) is 11.3 Å². The molecule has 0 saturated carbocycles. The topological polar surface area (TPSA) is 79.5 Å². The zero-order chi connectivity index (χ0) is 15.9. The van der Waals surface area contributed by atoms with E-state index in [2.05, 4.69) is 38.1 Å². The Bertz CT molecular complexity index is 889. The third-order valence-corrected chi connectivity index (χ3v) is 4.07. The number of hydrogen-bond acceptors (Lipinski definition) is 4. The lowest BCUT2D eigenvalue weighted by molar-refractivity contribution is 0.0697. The fraction of sp³-hybridized carbons (Fsp3) is 0.133. The predicted octanol–water partition coefficient (Wildman–Crippen LogP) is 3.39. The fourth-order valence-corrected chi connectivity index (χ4v) is 2.88. The molecule has 0 aliphatic heterocycles. The summed E-state index contributed by atoms with van der Waals surface area (Å²) in [4.78, 5) is 11.5. The first kappa shape index (κ1) is 14.8. The van der Waals surface area contributed by atoms with Crippen LogP contribution in [0.1, 0.15) is 21.7 Å². The summed E-state index contributed by atoms with van der Waals surface area (Å²) < 4.78 is 2.79. The molecule has 0 bridgehead atoms. The minimum Gasteiger partial charge on any atom is -0.478 e. The minimum atomic E-state index is -0.999. The Morgan fingerprint density at radius 2 is 2.00 bits per heavy atom. The van der Waals surface area contributed by atoms with Gasteiger partial charge in [-0.2, -0.15) is 0 Å². The van der Waals surface area contributed by atoms with E-state index in [-0.39, 0.29) is 5.56 Å². The number of fused-ring (bicyclic) bond motifs is 1. The molecule has 0 saturated heterocycles. The number of carboxylic acids is 1. The SMILES string of the molecule is Cc1cc(I)ccc1Nc1cc2nnc(C)n2cc1C(=O)O. The summed E-state index contributed by atoms with van der Waals surface area (Å²) in [5, 5.41) is 20.6. The number of benzene rings is 1. The van der Waals surface area contributed by atoms with Crippen LogP contribution in [0.3, 0.4) is 0 Å². The Kier molecular flexibility index (Phi) is 3.73. The summed E-state index contributed by atoms with van der Waals surface area (Å²) in [6, 6.07) is 7.63. The third-order valence-electron chi connectivity index (χ3n) is 3.40. The van der Waals surface area contributed by atoms with Crippen molar-refractivity contribution in [3.63, 3.8) is 0 Å². The molecule has 0 aliphatic carbocycles. The molecule has 1 aromatic carbocycles. The Hall–Kier alpha value is -2.16. The number of hydrogen-bond donors (Lipinski definition) is 2. The maximum absolute atomic E-state index is 11.5. The number of nitrogens with one attached hydrogen (secondary N) is 1. The van der Waals surface area contributed by atoms with Crippen molar-refractivity contribution in [2.75, 3.05) is 5.32 Å². The normalized spacial score (nSPS) is 10.9. The van der Waals surface area contributed by atoms with Crippen LogP contribution in [0, 0.1) is 17.4 Å². The van der Waals surface area contributed by atoms with Crippen LogP contribution in [0.2, 0.25) is 0 Å². The molecule has 3 aromatic rings. The van der Waals surface area contributed by atoms with Crippen LogP contribution < -0.4 is 5.32 Å². The minimum absolute atomic E-state index is 0.174. The van der Waals surface area contributed by atoms with Crippen molar-refractivity contribution in [1.82, 2.24) is 14.6 Å². The fourth-order valence-electron chi connectivity index (χ4n) is 2.24. The van der Waals surface area contributed by atoms with E-state index < -0.39 is 5.97 Å². The summed E-state index contributed by atoms with van der Waals surface area (Å²) >= 11 is 2.24. The van der Waals surface area contributed by atoms with Gasteiger partial charge in [-0.1, -0.05) is 0 Å². The lowest BCUT2D eigenvalue weighted by Crippen LogP contribution is -2.06. The van der Waals surface area contributed by atoms with Crippen LogP contribution in [0.25, 0.3) is 5.65 Å². The number of pyridine rings is 1. The van der Waals surface area contributed by atoms with Crippen molar-refractivity contribution in [2.24, 2.45) is 0 Å². The van der Waals surface area contributed by atoms with Gasteiger partial charge in [0.2, 0.25) is 0 Å². The van der Waals surface area contributed by atoms with Crippen LogP contribution in [0.15, 0.2) is 30.5 Å². The molecule has 0 radical (unpaired) electrons. The molecular formula is C15H13IN4O2. The Morgan fingerprint density at radius 3 is 2.68 bits per heavy atom. The van der Waals surface area contributed by atoms with Crippen molar-refractivity contribution in [2.45, 2.75) is 13.8 Å². The van der Waals surface area contributed by atoms with Gasteiger partial charge in [0.25, 0.3) is 0 Å². The first-order valence-electron chi connectivity index (χ1n) is 6.57. The number of aryl methyl sites for hydroxylation is 2. The number of nitrogens with zero attached hydrogens (tertiary/aromatic N) is 3. The lowest BCUT2D eigenvalue weighted by Gasteiger charge is -2.13. The zero-order valence-electron chi connectivity index (χ0n) is 12.0. The second kappa shape index (κ2) is 5.56. The molecule has 2 N–H and O–H groups in total. The van der Waals surface area contributed by atoms with Crippen LogP contribution >= 0.6 is 22.6 Å². The highest BCUT2D eigenvalue weighted by atomic mass is 127. The van der Waals surface area contributed by atoms with E-state index >= 15 is 0 Å². The molecule has 22 heavy (non-hydrogen) atoms. The molecule has 2 aromatic heterocycles. The smallest absolute Gasteiger partial charge is 0.339 e. The second-order valence-corrected chi connectivity index (χ2v) is 6.21. The van der Waals surface area contributed by atoms with E-state index in [1.54, 1.807) is 17.4 Å². The number of carboxylic acid groups (broad SMARTS) is 1. The molecule has 3 rings (SSSR count). The Labute approximate surface area is 140 Å². The van der Waals surface area contributed by atoms with Gasteiger partial charge < -0.3 is 10.4 Å². The molecule has 2 heterocycles. The lowest BCUT2D eigenvalue weighted by atomic mass is 10.1. The highest BCUT2D eigenvalue weighted by molar-refractivity contribution is 14.1. The monoisotopic (exact) mass is 408 g/mol. The molecule has 0 amide bonds. The van der Waals surface area contributed by atoms with Crippen LogP contribution in [0.4, 0.5) is 11.4 Å². The Balaban J connectivity index is 2.12. The highest BCUT2D eigenvalue weighted by Crippen LogP contribution is 2.26. The number of carbonyl (C=O) groups is 1. The highest BCUT2D eigenvalue weighted by Gasteiger charge is 2.15. The largest absolute Gasteiger partial charge is 0.478 e. The van der Waals surface area contributed by atoms with Gasteiger partial charge in [0.1, 0.15) is 5.82 Å². The number of aromatic nitrogens is 3. The Morgan fingerprint density at radius 1 is 1.23 bits per heavy atom. The average molecular weight is 408 g/mol. The molecule has 0 unspecified atom stereocenters. The molecule has 6 nitrogen and oxygen atoms in total. The van der Waals surface area contributed by atoms with E-state index in [0.29, 0.717) is 17.2 Å². The molecule has 112 valence electrons. The summed E-state index contributed by atoms with van der Waals surface area (Å²) in [5.74, 6) is -0.352. The summed E-state index contributed by atoms with van der Waals surface area (Å²) in [5.41, 5.74) is 3.18. The van der Waals surface area contributed by atoms with Gasteiger partial charge in [0, 0.05) is 21.5 Å². The molecular weight excluding hydrogens is 395 g/mol. The van der Waals surface area contributed by atoms with Crippen LogP contribution in [-0.4, -0.2) is 25.7 Å². The molecule has 7 heteroatoms. The van der Waals surface area contributed by atoms with Gasteiger partial charge in [-0.05, 0) is 60.2 Å². The number of anilines is 2. The predicted molar refractivity (Wildman–Crippen MR) is 91.9 cm³/mol. The molecule has 0 aliphatic rings. The van der Waals surface area contributed by atoms with Crippen molar-refractivity contribution >= 4 is 45.6 Å². The summed E-state index contributed by atoms with van der Waals surface area (Å²) in [6.07, 6.45) is 1.54. The van der Waals surface area contributed by atoms with Crippen molar-refractivity contribution in [3.05, 3.63) is 51.0 Å². The molecule has 0 spiro atoms. The number of halogens is 1. The molecule has 0 atom stereocenters. The summed E-state index contributed by atoms with van der Waals surface area (Å²) in [7, 11) is 0. The van der Waals surface area contributed by atoms with E-state index in [9.17, 15) is 9.90 Å². The van der Waals surface area contributed by atoms with E-state index in [1.807, 2.05) is 25.1 Å². The first-order chi connectivity index (χ1) is 10.5. The second-order valence-electron chi connectivity index (χ2n) is 4.97. The zero-order valence-corrected chi connectivity index (χ0v) is 14.1. The standard InChI is InChI=1S/C15H13IN4O2/c1-8-5-10(16)3-4-12(8)17-13-6-14-19-18-9(2)20(14)7-11(13)15(21)22/h3-7,17H,1-2H3,(H,21,22). The maximum atomic E-state index is 11.5. The van der Waals surface area contributed by atoms with Gasteiger partial charge in [-0.25, -0.2) is 4.79 Å². The van der Waals surface area contributed by atoms with Crippen LogP contribution in [-0.2, 0) is 0 Å². The molecule has 0 fully saturated rings. The van der Waals surface area contributed by atoms with Crippen molar-refractivity contribution < 1.29 is 9.90 Å². The van der Waals surface area contributed by atoms with E-state index in [0.717, 1.165) is 14.8 Å². The van der Waals surface area contributed by atoms with Gasteiger partial charge in [0.15, 0.2) is 5.65 Å². The number of aromatic carboxylic acids is 1. The quantitative estimate of drug-likeness (QED) is 0.650. The van der Waals surface area contributed by atoms with E-state index in [1.165, 1.54) is 6.20 Å².